The van der Waals surface area contributed by atoms with Crippen LogP contribution in [0.15, 0.2) is 18.5 Å². The molecule has 0 aliphatic heterocycles. The minimum absolute atomic E-state index is 0.416. The third kappa shape index (κ3) is 2.84. The van der Waals surface area contributed by atoms with Gasteiger partial charge in [-0.05, 0) is 6.92 Å². The molecule has 2 rings (SSSR count). The fourth-order valence-electron chi connectivity index (χ4n) is 1.58. The van der Waals surface area contributed by atoms with E-state index in [1.165, 1.54) is 0 Å². The highest BCUT2D eigenvalue weighted by Gasteiger charge is 2.07. The topological polar surface area (TPSA) is 64.9 Å². The molecular weight excluding hydrogens is 230 g/mol. The van der Waals surface area contributed by atoms with Crippen molar-refractivity contribution in [2.24, 2.45) is 7.05 Å². The molecule has 1 N–H and O–H groups in total. The monoisotopic (exact) mass is 247 g/mol. The van der Waals surface area contributed by atoms with E-state index in [0.717, 1.165) is 17.1 Å². The summed E-state index contributed by atoms with van der Waals surface area (Å²) in [4.78, 5) is 8.82. The number of aryl methyl sites for hydroxylation is 1. The van der Waals surface area contributed by atoms with Crippen LogP contribution in [0.3, 0.4) is 0 Å². The van der Waals surface area contributed by atoms with Crippen molar-refractivity contribution in [2.75, 3.05) is 19.0 Å². The van der Waals surface area contributed by atoms with E-state index < -0.39 is 0 Å². The number of aromatic nitrogens is 4. The SMILES string of the molecule is CCOCc1nc(NC)cc(-c2cnn(C)c2)n1. The molecule has 0 radical (unpaired) electrons. The minimum Gasteiger partial charge on any atom is -0.374 e. The first kappa shape index (κ1) is 12.5. The quantitative estimate of drug-likeness (QED) is 0.866. The van der Waals surface area contributed by atoms with Crippen molar-refractivity contribution < 1.29 is 4.74 Å². The van der Waals surface area contributed by atoms with Crippen LogP contribution in [0.25, 0.3) is 11.3 Å². The van der Waals surface area contributed by atoms with Crippen LogP contribution in [0.5, 0.6) is 0 Å². The molecule has 2 heterocycles. The van der Waals surface area contributed by atoms with Crippen molar-refractivity contribution in [1.29, 1.82) is 0 Å². The predicted octanol–water partition coefficient (Wildman–Crippen LogP) is 1.46. The van der Waals surface area contributed by atoms with E-state index in [-0.39, 0.29) is 0 Å². The maximum atomic E-state index is 5.34. The van der Waals surface area contributed by atoms with Crippen molar-refractivity contribution in [3.8, 4) is 11.3 Å². The average molecular weight is 247 g/mol. The van der Waals surface area contributed by atoms with E-state index in [4.69, 9.17) is 4.74 Å². The van der Waals surface area contributed by atoms with E-state index in [0.29, 0.717) is 19.0 Å². The van der Waals surface area contributed by atoms with Crippen LogP contribution in [-0.2, 0) is 18.4 Å². The molecule has 2 aromatic rings. The molecule has 2 aromatic heterocycles. The Morgan fingerprint density at radius 2 is 2.22 bits per heavy atom. The van der Waals surface area contributed by atoms with Crippen LogP contribution in [-0.4, -0.2) is 33.4 Å². The summed E-state index contributed by atoms with van der Waals surface area (Å²) in [7, 11) is 3.71. The molecule has 0 aliphatic rings. The molecule has 0 aliphatic carbocycles. The second-order valence-electron chi connectivity index (χ2n) is 3.84. The van der Waals surface area contributed by atoms with Gasteiger partial charge in [-0.15, -0.1) is 0 Å². The van der Waals surface area contributed by atoms with Gasteiger partial charge < -0.3 is 10.1 Å². The van der Waals surface area contributed by atoms with E-state index in [2.05, 4.69) is 20.4 Å². The van der Waals surface area contributed by atoms with Crippen molar-refractivity contribution in [2.45, 2.75) is 13.5 Å². The summed E-state index contributed by atoms with van der Waals surface area (Å²) >= 11 is 0. The van der Waals surface area contributed by atoms with Gasteiger partial charge in [-0.3, -0.25) is 4.68 Å². The Labute approximate surface area is 106 Å². The van der Waals surface area contributed by atoms with Gasteiger partial charge in [0.2, 0.25) is 0 Å². The highest BCUT2D eigenvalue weighted by atomic mass is 16.5. The minimum atomic E-state index is 0.416. The Kier molecular flexibility index (Phi) is 3.88. The lowest BCUT2D eigenvalue weighted by atomic mass is 10.2. The van der Waals surface area contributed by atoms with Crippen molar-refractivity contribution in [3.05, 3.63) is 24.3 Å². The van der Waals surface area contributed by atoms with Crippen LogP contribution in [0.4, 0.5) is 5.82 Å². The summed E-state index contributed by atoms with van der Waals surface area (Å²) in [5, 5.41) is 7.17. The smallest absolute Gasteiger partial charge is 0.157 e. The fourth-order valence-corrected chi connectivity index (χ4v) is 1.58. The summed E-state index contributed by atoms with van der Waals surface area (Å²) in [6, 6.07) is 1.90. The average Bonchev–Trinajstić information content (AvgIpc) is 2.82. The summed E-state index contributed by atoms with van der Waals surface area (Å²) in [6.45, 7) is 3.01. The number of nitrogens with zero attached hydrogens (tertiary/aromatic N) is 4. The molecular formula is C12H17N5O. The van der Waals surface area contributed by atoms with Gasteiger partial charge in [-0.2, -0.15) is 5.10 Å². The molecule has 0 spiro atoms. The maximum absolute atomic E-state index is 5.34. The van der Waals surface area contributed by atoms with Crippen LogP contribution in [0, 0.1) is 0 Å². The highest BCUT2D eigenvalue weighted by Crippen LogP contribution is 2.19. The van der Waals surface area contributed by atoms with E-state index in [1.807, 2.05) is 33.3 Å². The number of rotatable bonds is 5. The van der Waals surface area contributed by atoms with Crippen molar-refractivity contribution >= 4 is 5.82 Å². The molecule has 96 valence electrons. The number of hydrogen-bond donors (Lipinski definition) is 1. The largest absolute Gasteiger partial charge is 0.374 e. The lowest BCUT2D eigenvalue weighted by Crippen LogP contribution is -2.03. The molecule has 18 heavy (non-hydrogen) atoms. The Balaban J connectivity index is 2.34. The molecule has 0 unspecified atom stereocenters. The molecule has 6 nitrogen and oxygen atoms in total. The first-order valence-electron chi connectivity index (χ1n) is 5.85. The van der Waals surface area contributed by atoms with Crippen molar-refractivity contribution in [3.63, 3.8) is 0 Å². The zero-order valence-electron chi connectivity index (χ0n) is 10.8. The predicted molar refractivity (Wildman–Crippen MR) is 69.1 cm³/mol. The molecule has 0 saturated carbocycles. The molecule has 6 heteroatoms. The number of ether oxygens (including phenoxy) is 1. The molecule has 0 amide bonds. The Morgan fingerprint density at radius 1 is 1.39 bits per heavy atom. The summed E-state index contributed by atoms with van der Waals surface area (Å²) in [5.41, 5.74) is 1.81. The summed E-state index contributed by atoms with van der Waals surface area (Å²) < 4.78 is 7.09. The van der Waals surface area contributed by atoms with Crippen LogP contribution in [0.2, 0.25) is 0 Å². The number of hydrogen-bond acceptors (Lipinski definition) is 5. The molecule has 0 bridgehead atoms. The molecule has 0 atom stereocenters. The van der Waals surface area contributed by atoms with Gasteiger partial charge in [0.05, 0.1) is 11.9 Å². The third-order valence-corrected chi connectivity index (χ3v) is 2.46. The van der Waals surface area contributed by atoms with Gasteiger partial charge >= 0.3 is 0 Å². The summed E-state index contributed by atoms with van der Waals surface area (Å²) in [6.07, 6.45) is 3.71. The second-order valence-corrected chi connectivity index (χ2v) is 3.84. The Hall–Kier alpha value is -1.95. The van der Waals surface area contributed by atoms with Gasteiger partial charge in [-0.1, -0.05) is 0 Å². The van der Waals surface area contributed by atoms with Gasteiger partial charge in [0.15, 0.2) is 5.82 Å². The molecule has 0 saturated heterocycles. The number of nitrogens with one attached hydrogen (secondary N) is 1. The zero-order valence-corrected chi connectivity index (χ0v) is 10.8. The Morgan fingerprint density at radius 3 is 2.83 bits per heavy atom. The van der Waals surface area contributed by atoms with Gasteiger partial charge in [0.25, 0.3) is 0 Å². The van der Waals surface area contributed by atoms with E-state index in [1.54, 1.807) is 10.9 Å². The van der Waals surface area contributed by atoms with Gasteiger partial charge in [0.1, 0.15) is 12.4 Å². The van der Waals surface area contributed by atoms with Crippen LogP contribution >= 0.6 is 0 Å². The van der Waals surface area contributed by atoms with Gasteiger partial charge in [-0.25, -0.2) is 9.97 Å². The normalized spacial score (nSPS) is 10.6. The van der Waals surface area contributed by atoms with Gasteiger partial charge in [0, 0.05) is 38.5 Å². The van der Waals surface area contributed by atoms with Crippen LogP contribution < -0.4 is 5.32 Å². The molecule has 0 aromatic carbocycles. The lowest BCUT2D eigenvalue weighted by molar-refractivity contribution is 0.128. The first-order chi connectivity index (χ1) is 8.72. The standard InChI is InChI=1S/C12H17N5O/c1-4-18-8-12-15-10(5-11(13-2)16-12)9-6-14-17(3)7-9/h5-7H,4,8H2,1-3H3,(H,13,15,16). The zero-order chi connectivity index (χ0) is 13.0. The number of anilines is 1. The van der Waals surface area contributed by atoms with E-state index >= 15 is 0 Å². The lowest BCUT2D eigenvalue weighted by Gasteiger charge is -2.06. The Bertz CT molecular complexity index is 523. The molecule has 0 fully saturated rings. The van der Waals surface area contributed by atoms with E-state index in [9.17, 15) is 0 Å². The fraction of sp³-hybridized carbons (Fsp3) is 0.417. The summed E-state index contributed by atoms with van der Waals surface area (Å²) in [5.74, 6) is 1.45. The van der Waals surface area contributed by atoms with Crippen LogP contribution in [0.1, 0.15) is 12.7 Å². The second kappa shape index (κ2) is 5.59. The van der Waals surface area contributed by atoms with Crippen molar-refractivity contribution in [1.82, 2.24) is 19.7 Å². The maximum Gasteiger partial charge on any atom is 0.157 e. The third-order valence-electron chi connectivity index (χ3n) is 2.46. The highest BCUT2D eigenvalue weighted by molar-refractivity contribution is 5.60. The first-order valence-corrected chi connectivity index (χ1v) is 5.85.